The van der Waals surface area contributed by atoms with Gasteiger partial charge < -0.3 is 35.8 Å². The number of pyridine rings is 1. The number of ether oxygens (including phenoxy) is 1. The van der Waals surface area contributed by atoms with Crippen LogP contribution in [0.1, 0.15) is 54.1 Å². The number of benzene rings is 2. The monoisotopic (exact) mass is 731 g/mol. The van der Waals surface area contributed by atoms with Crippen LogP contribution in [0.25, 0.3) is 11.2 Å². The second kappa shape index (κ2) is 15.5. The maximum absolute atomic E-state index is 12.8. The molecule has 5 N–H and O–H groups in total. The molecule has 4 aromatic heterocycles. The zero-order valence-electron chi connectivity index (χ0n) is 29.6. The van der Waals surface area contributed by atoms with Crippen LogP contribution in [0.2, 0.25) is 0 Å². The first-order valence-electron chi connectivity index (χ1n) is 18.0. The normalized spacial score (nSPS) is 21.2. The van der Waals surface area contributed by atoms with Gasteiger partial charge in [-0.2, -0.15) is 14.8 Å². The number of hydrogen-bond acceptors (Lipinski definition) is 13. The van der Waals surface area contributed by atoms with Gasteiger partial charge in [0, 0.05) is 50.5 Å². The van der Waals surface area contributed by atoms with Crippen molar-refractivity contribution in [3.05, 3.63) is 114 Å². The van der Waals surface area contributed by atoms with Crippen LogP contribution in [0.4, 0.5) is 16.6 Å². The van der Waals surface area contributed by atoms with Gasteiger partial charge in [-0.3, -0.25) is 9.55 Å². The molecule has 0 bridgehead atoms. The summed E-state index contributed by atoms with van der Waals surface area (Å²) in [7, 11) is 0. The Morgan fingerprint density at radius 2 is 1.72 bits per heavy atom. The van der Waals surface area contributed by atoms with Crippen molar-refractivity contribution in [2.45, 2.75) is 62.9 Å². The van der Waals surface area contributed by atoms with Crippen LogP contribution in [0.3, 0.4) is 0 Å². The summed E-state index contributed by atoms with van der Waals surface area (Å²) in [6, 6.07) is 23.8. The average molecular weight is 732 g/mol. The molecule has 0 spiro atoms. The number of tetrazole rings is 1. The summed E-state index contributed by atoms with van der Waals surface area (Å²) >= 11 is 0. The summed E-state index contributed by atoms with van der Waals surface area (Å²) in [5.74, 6) is 1.07. The minimum absolute atomic E-state index is 0.00564. The number of aromatic nitrogens is 9. The standard InChI is InChI=1S/C37H41N13O4/c1-2-50-46-33(45-47-50)31-29(51)30(52)35(54-31)49-22-41-28-32(39-20-27(24-9-5-3-6-10-24)25-11-7-4-8-12-25)43-36(44-34(28)49)48-18-15-26(21-48)42-37(53)40-19-23-13-16-38-17-14-23/h3-14,16-17,22,26-27,29-31,35,51-52H,2,15,18-21H2,1H3,(H,39,43,44)(H2,40,42,53). The van der Waals surface area contributed by atoms with E-state index >= 15 is 0 Å². The molecule has 2 amide bonds. The lowest BCUT2D eigenvalue weighted by Crippen LogP contribution is -2.43. The van der Waals surface area contributed by atoms with Gasteiger partial charge in [-0.05, 0) is 47.4 Å². The van der Waals surface area contributed by atoms with E-state index in [0.29, 0.717) is 62.1 Å². The van der Waals surface area contributed by atoms with Gasteiger partial charge in [0.1, 0.15) is 12.2 Å². The first-order chi connectivity index (χ1) is 26.4. The largest absolute Gasteiger partial charge is 0.387 e. The van der Waals surface area contributed by atoms with Crippen molar-refractivity contribution in [1.82, 2.24) is 55.3 Å². The molecule has 6 heterocycles. The number of nitrogens with zero attached hydrogens (tertiary/aromatic N) is 10. The Morgan fingerprint density at radius 3 is 2.43 bits per heavy atom. The van der Waals surface area contributed by atoms with Crippen molar-refractivity contribution in [1.29, 1.82) is 0 Å². The van der Waals surface area contributed by atoms with Gasteiger partial charge in [-0.15, -0.1) is 10.2 Å². The number of aryl methyl sites for hydroxylation is 1. The second-order valence-electron chi connectivity index (χ2n) is 13.3. The highest BCUT2D eigenvalue weighted by atomic mass is 16.6. The van der Waals surface area contributed by atoms with E-state index in [1.807, 2.05) is 60.4 Å². The summed E-state index contributed by atoms with van der Waals surface area (Å²) in [5, 5.41) is 44.2. The van der Waals surface area contributed by atoms with Crippen LogP contribution in [-0.4, -0.2) is 98.8 Å². The smallest absolute Gasteiger partial charge is 0.315 e. The van der Waals surface area contributed by atoms with Gasteiger partial charge in [0.05, 0.1) is 12.9 Å². The fourth-order valence-corrected chi connectivity index (χ4v) is 6.94. The highest BCUT2D eigenvalue weighted by Gasteiger charge is 2.47. The number of aliphatic hydroxyl groups is 2. The minimum Gasteiger partial charge on any atom is -0.387 e. The average Bonchev–Trinajstić information content (AvgIpc) is 4.03. The van der Waals surface area contributed by atoms with Gasteiger partial charge >= 0.3 is 6.03 Å². The Hall–Kier alpha value is -6.04. The number of amides is 2. The fraction of sp³-hybridized carbons (Fsp3) is 0.351. The van der Waals surface area contributed by atoms with Crippen molar-refractivity contribution in [2.75, 3.05) is 29.9 Å². The molecule has 2 aromatic carbocycles. The van der Waals surface area contributed by atoms with Crippen molar-refractivity contribution >= 4 is 29.0 Å². The maximum atomic E-state index is 12.8. The predicted molar refractivity (Wildman–Crippen MR) is 197 cm³/mol. The Kier molecular flexibility index (Phi) is 10.1. The number of nitrogens with one attached hydrogen (secondary N) is 3. The lowest BCUT2D eigenvalue weighted by molar-refractivity contribution is -0.0384. The van der Waals surface area contributed by atoms with E-state index < -0.39 is 24.5 Å². The van der Waals surface area contributed by atoms with E-state index in [9.17, 15) is 15.0 Å². The third kappa shape index (κ3) is 7.28. The molecule has 5 atom stereocenters. The number of urea groups is 1. The second-order valence-corrected chi connectivity index (χ2v) is 13.3. The lowest BCUT2D eigenvalue weighted by atomic mass is 9.91. The molecule has 2 aliphatic rings. The van der Waals surface area contributed by atoms with Gasteiger partial charge in [-0.1, -0.05) is 60.7 Å². The van der Waals surface area contributed by atoms with Crippen molar-refractivity contribution in [2.24, 2.45) is 0 Å². The zero-order chi connectivity index (χ0) is 37.0. The van der Waals surface area contributed by atoms with Crippen LogP contribution in [0, 0.1) is 0 Å². The molecule has 0 aliphatic carbocycles. The molecule has 54 heavy (non-hydrogen) atoms. The quantitative estimate of drug-likeness (QED) is 0.123. The molecule has 17 nitrogen and oxygen atoms in total. The third-order valence-electron chi connectivity index (χ3n) is 9.81. The van der Waals surface area contributed by atoms with Gasteiger partial charge in [-0.25, -0.2) is 9.78 Å². The summed E-state index contributed by atoms with van der Waals surface area (Å²) < 4.78 is 7.81. The number of aliphatic hydroxyl groups excluding tert-OH is 2. The Balaban J connectivity index is 1.08. The van der Waals surface area contributed by atoms with E-state index in [4.69, 9.17) is 19.7 Å². The topological polar surface area (TPSA) is 206 Å². The number of fused-ring (bicyclic) bond motifs is 1. The number of imidazole rings is 1. The van der Waals surface area contributed by atoms with Gasteiger partial charge in [0.15, 0.2) is 29.3 Å². The highest BCUT2D eigenvalue weighted by Crippen LogP contribution is 2.39. The molecule has 5 unspecified atom stereocenters. The molecule has 17 heteroatoms. The third-order valence-corrected chi connectivity index (χ3v) is 9.81. The zero-order valence-corrected chi connectivity index (χ0v) is 29.6. The number of rotatable bonds is 12. The summed E-state index contributed by atoms with van der Waals surface area (Å²) in [4.78, 5) is 34.9. The van der Waals surface area contributed by atoms with Crippen LogP contribution < -0.4 is 20.9 Å². The maximum Gasteiger partial charge on any atom is 0.315 e. The van der Waals surface area contributed by atoms with Gasteiger partial charge in [0.2, 0.25) is 11.8 Å². The number of hydrogen-bond donors (Lipinski definition) is 5. The van der Waals surface area contributed by atoms with E-state index in [0.717, 1.165) is 16.7 Å². The SMILES string of the molecule is CCn1nnc(C2OC(n3cnc4c(NCC(c5ccccc5)c5ccccc5)nc(N5CCC(NC(=O)NCc6ccncc6)C5)nc43)C(O)C2O)n1. The first kappa shape index (κ1) is 35.0. The molecule has 8 rings (SSSR count). The summed E-state index contributed by atoms with van der Waals surface area (Å²) in [6.45, 7) is 4.30. The predicted octanol–water partition coefficient (Wildman–Crippen LogP) is 2.54. The number of carbonyl (C=O) groups is 1. The molecule has 6 aromatic rings. The molecule has 2 saturated heterocycles. The van der Waals surface area contributed by atoms with Crippen molar-refractivity contribution < 1.29 is 19.7 Å². The molecule has 278 valence electrons. The lowest BCUT2D eigenvalue weighted by Gasteiger charge is -2.22. The van der Waals surface area contributed by atoms with Crippen LogP contribution in [0.15, 0.2) is 91.5 Å². The number of carbonyl (C=O) groups excluding carboxylic acids is 1. The first-order valence-corrected chi connectivity index (χ1v) is 18.0. The minimum atomic E-state index is -1.35. The van der Waals surface area contributed by atoms with E-state index in [1.54, 1.807) is 17.0 Å². The fourth-order valence-electron chi connectivity index (χ4n) is 6.94. The molecule has 2 aliphatic heterocycles. The molecule has 0 radical (unpaired) electrons. The highest BCUT2D eigenvalue weighted by molar-refractivity contribution is 5.84. The summed E-state index contributed by atoms with van der Waals surface area (Å²) in [5.41, 5.74) is 4.09. The van der Waals surface area contributed by atoms with Crippen LogP contribution >= 0.6 is 0 Å². The van der Waals surface area contributed by atoms with Crippen molar-refractivity contribution in [3.8, 4) is 0 Å². The summed E-state index contributed by atoms with van der Waals surface area (Å²) in [6.07, 6.45) is 0.842. The van der Waals surface area contributed by atoms with E-state index in [2.05, 4.69) is 60.6 Å². The number of anilines is 2. The Labute approximate surface area is 310 Å². The molecule has 0 saturated carbocycles. The van der Waals surface area contributed by atoms with E-state index in [-0.39, 0.29) is 23.8 Å². The molecular formula is C37H41N13O4. The van der Waals surface area contributed by atoms with Crippen LogP contribution in [0.5, 0.6) is 0 Å². The Morgan fingerprint density at radius 1 is 0.981 bits per heavy atom. The Bertz CT molecular complexity index is 2130. The van der Waals surface area contributed by atoms with Crippen molar-refractivity contribution in [3.63, 3.8) is 0 Å². The van der Waals surface area contributed by atoms with Gasteiger partial charge in [0.25, 0.3) is 0 Å². The van der Waals surface area contributed by atoms with Crippen LogP contribution in [-0.2, 0) is 17.8 Å². The molecule has 2 fully saturated rings. The molecular weight excluding hydrogens is 690 g/mol. The van der Waals surface area contributed by atoms with E-state index in [1.165, 1.54) is 11.1 Å².